The van der Waals surface area contributed by atoms with Crippen LogP contribution in [-0.4, -0.2) is 24.8 Å². The van der Waals surface area contributed by atoms with Gasteiger partial charge in [0.25, 0.3) is 0 Å². The fraction of sp³-hybridized carbons (Fsp3) is 0.600. The van der Waals surface area contributed by atoms with Crippen molar-refractivity contribution in [3.63, 3.8) is 0 Å². The Morgan fingerprint density at radius 1 is 1.39 bits per heavy atom. The van der Waals surface area contributed by atoms with Crippen molar-refractivity contribution in [2.45, 2.75) is 37.9 Å². The van der Waals surface area contributed by atoms with E-state index in [4.69, 9.17) is 16.3 Å². The molecule has 0 aliphatic carbocycles. The molecule has 0 saturated carbocycles. The molecule has 2 nitrogen and oxygen atoms in total. The highest BCUT2D eigenvalue weighted by molar-refractivity contribution is 6.30. The van der Waals surface area contributed by atoms with Gasteiger partial charge in [0.05, 0.1) is 11.7 Å². The standard InChI is InChI=1S/C15H20ClNO/c1-15(8-11-2-4-13(16)5-3-11)9-12-10-17-7-6-14(12)18-15/h2-5,12,14,17H,6-10H2,1H3/t12-,14+,15+/m0/s1. The van der Waals surface area contributed by atoms with Gasteiger partial charge in [-0.1, -0.05) is 23.7 Å². The zero-order chi connectivity index (χ0) is 12.6. The van der Waals surface area contributed by atoms with Gasteiger partial charge in [-0.05, 0) is 44.0 Å². The van der Waals surface area contributed by atoms with Gasteiger partial charge >= 0.3 is 0 Å². The summed E-state index contributed by atoms with van der Waals surface area (Å²) in [4.78, 5) is 0. The highest BCUT2D eigenvalue weighted by Gasteiger charge is 2.43. The lowest BCUT2D eigenvalue weighted by atomic mass is 9.86. The minimum atomic E-state index is -0.00478. The first-order valence-corrected chi connectivity index (χ1v) is 7.15. The molecule has 0 bridgehead atoms. The average molecular weight is 266 g/mol. The molecule has 98 valence electrons. The number of nitrogens with one attached hydrogen (secondary N) is 1. The Morgan fingerprint density at radius 2 is 2.17 bits per heavy atom. The molecule has 0 unspecified atom stereocenters. The molecule has 2 aliphatic rings. The Balaban J connectivity index is 1.70. The Labute approximate surface area is 114 Å². The average Bonchev–Trinajstić information content (AvgIpc) is 2.68. The van der Waals surface area contributed by atoms with Crippen LogP contribution in [0.5, 0.6) is 0 Å². The lowest BCUT2D eigenvalue weighted by Crippen LogP contribution is -2.37. The zero-order valence-corrected chi connectivity index (χ0v) is 11.5. The number of fused-ring (bicyclic) bond motifs is 1. The second kappa shape index (κ2) is 4.84. The second-order valence-electron chi connectivity index (χ2n) is 5.87. The smallest absolute Gasteiger partial charge is 0.0702 e. The van der Waals surface area contributed by atoms with Gasteiger partial charge in [0, 0.05) is 23.9 Å². The lowest BCUT2D eigenvalue weighted by molar-refractivity contribution is -0.0389. The van der Waals surface area contributed by atoms with Crippen molar-refractivity contribution < 1.29 is 4.74 Å². The third-order valence-corrected chi connectivity index (χ3v) is 4.41. The van der Waals surface area contributed by atoms with Crippen molar-refractivity contribution in [1.82, 2.24) is 5.32 Å². The fourth-order valence-electron chi connectivity index (χ4n) is 3.37. The molecule has 2 aliphatic heterocycles. The second-order valence-corrected chi connectivity index (χ2v) is 6.30. The number of hydrogen-bond donors (Lipinski definition) is 1. The molecule has 1 aromatic rings. The fourth-order valence-corrected chi connectivity index (χ4v) is 3.50. The maximum atomic E-state index is 6.31. The van der Waals surface area contributed by atoms with E-state index < -0.39 is 0 Å². The highest BCUT2D eigenvalue weighted by atomic mass is 35.5. The van der Waals surface area contributed by atoms with Crippen LogP contribution in [0.1, 0.15) is 25.3 Å². The molecule has 2 heterocycles. The number of halogens is 1. The third kappa shape index (κ3) is 2.56. The van der Waals surface area contributed by atoms with Crippen LogP contribution in [0.4, 0.5) is 0 Å². The summed E-state index contributed by atoms with van der Waals surface area (Å²) in [5.41, 5.74) is 1.31. The first-order valence-electron chi connectivity index (χ1n) is 6.78. The summed E-state index contributed by atoms with van der Waals surface area (Å²) < 4.78 is 6.31. The van der Waals surface area contributed by atoms with Crippen LogP contribution >= 0.6 is 11.6 Å². The molecule has 2 saturated heterocycles. The highest BCUT2D eigenvalue weighted by Crippen LogP contribution is 2.39. The molecule has 1 aromatic carbocycles. The van der Waals surface area contributed by atoms with Gasteiger partial charge < -0.3 is 10.1 Å². The predicted molar refractivity (Wildman–Crippen MR) is 74.0 cm³/mol. The summed E-state index contributed by atoms with van der Waals surface area (Å²) in [5.74, 6) is 0.691. The predicted octanol–water partition coefficient (Wildman–Crippen LogP) is 3.04. The quantitative estimate of drug-likeness (QED) is 0.888. The molecule has 3 heteroatoms. The summed E-state index contributed by atoms with van der Waals surface area (Å²) in [6, 6.07) is 8.14. The van der Waals surface area contributed by atoms with Gasteiger partial charge in [0.15, 0.2) is 0 Å². The lowest BCUT2D eigenvalue weighted by Gasteiger charge is -2.26. The van der Waals surface area contributed by atoms with Crippen LogP contribution in [0.15, 0.2) is 24.3 Å². The summed E-state index contributed by atoms with van der Waals surface area (Å²) in [6.45, 7) is 4.46. The number of ether oxygens (including phenoxy) is 1. The number of benzene rings is 1. The van der Waals surface area contributed by atoms with Gasteiger partial charge in [0.1, 0.15) is 0 Å². The van der Waals surface area contributed by atoms with E-state index in [1.807, 2.05) is 12.1 Å². The van der Waals surface area contributed by atoms with Gasteiger partial charge in [-0.2, -0.15) is 0 Å². The third-order valence-electron chi connectivity index (χ3n) is 4.16. The van der Waals surface area contributed by atoms with Crippen LogP contribution in [0.3, 0.4) is 0 Å². The van der Waals surface area contributed by atoms with Crippen molar-refractivity contribution in [1.29, 1.82) is 0 Å². The number of piperidine rings is 1. The van der Waals surface area contributed by atoms with Crippen LogP contribution in [0, 0.1) is 5.92 Å². The van der Waals surface area contributed by atoms with Gasteiger partial charge in [-0.15, -0.1) is 0 Å². The van der Waals surface area contributed by atoms with Crippen LogP contribution in [-0.2, 0) is 11.2 Å². The van der Waals surface area contributed by atoms with E-state index in [-0.39, 0.29) is 5.60 Å². The molecular weight excluding hydrogens is 246 g/mol. The van der Waals surface area contributed by atoms with Crippen molar-refractivity contribution in [3.8, 4) is 0 Å². The Morgan fingerprint density at radius 3 is 2.89 bits per heavy atom. The van der Waals surface area contributed by atoms with Crippen molar-refractivity contribution in [2.24, 2.45) is 5.92 Å². The van der Waals surface area contributed by atoms with Crippen molar-refractivity contribution >= 4 is 11.6 Å². The largest absolute Gasteiger partial charge is 0.371 e. The number of rotatable bonds is 2. The molecular formula is C15H20ClNO. The van der Waals surface area contributed by atoms with E-state index in [2.05, 4.69) is 24.4 Å². The Bertz CT molecular complexity index is 403. The molecule has 0 aromatic heterocycles. The van der Waals surface area contributed by atoms with E-state index in [0.717, 1.165) is 37.4 Å². The number of hydrogen-bond acceptors (Lipinski definition) is 2. The van der Waals surface area contributed by atoms with Crippen LogP contribution < -0.4 is 5.32 Å². The van der Waals surface area contributed by atoms with E-state index in [1.165, 1.54) is 5.56 Å². The topological polar surface area (TPSA) is 21.3 Å². The molecule has 18 heavy (non-hydrogen) atoms. The monoisotopic (exact) mass is 265 g/mol. The zero-order valence-electron chi connectivity index (χ0n) is 10.8. The first-order chi connectivity index (χ1) is 8.65. The molecule has 1 N–H and O–H groups in total. The first kappa shape index (κ1) is 12.5. The van der Waals surface area contributed by atoms with Crippen LogP contribution in [0.2, 0.25) is 5.02 Å². The van der Waals surface area contributed by atoms with Crippen molar-refractivity contribution in [2.75, 3.05) is 13.1 Å². The molecule has 0 amide bonds. The van der Waals surface area contributed by atoms with Gasteiger partial charge in [-0.25, -0.2) is 0 Å². The van der Waals surface area contributed by atoms with Crippen molar-refractivity contribution in [3.05, 3.63) is 34.9 Å². The van der Waals surface area contributed by atoms with Gasteiger partial charge in [-0.3, -0.25) is 0 Å². The normalized spacial score (nSPS) is 35.4. The van der Waals surface area contributed by atoms with E-state index in [0.29, 0.717) is 12.0 Å². The summed E-state index contributed by atoms with van der Waals surface area (Å²) in [6.07, 6.45) is 3.76. The maximum absolute atomic E-state index is 6.31. The SMILES string of the molecule is C[C@@]1(Cc2ccc(Cl)cc2)C[C@H]2CNCC[C@H]2O1. The minimum Gasteiger partial charge on any atom is -0.371 e. The summed E-state index contributed by atoms with van der Waals surface area (Å²) in [7, 11) is 0. The van der Waals surface area contributed by atoms with E-state index in [9.17, 15) is 0 Å². The summed E-state index contributed by atoms with van der Waals surface area (Å²) >= 11 is 5.92. The van der Waals surface area contributed by atoms with E-state index >= 15 is 0 Å². The van der Waals surface area contributed by atoms with E-state index in [1.54, 1.807) is 0 Å². The summed E-state index contributed by atoms with van der Waals surface area (Å²) in [5, 5.41) is 4.27. The Kier molecular flexibility index (Phi) is 3.35. The minimum absolute atomic E-state index is 0.00478. The van der Waals surface area contributed by atoms with Crippen LogP contribution in [0.25, 0.3) is 0 Å². The Hall–Kier alpha value is -0.570. The molecule has 3 rings (SSSR count). The molecule has 2 fully saturated rings. The molecule has 3 atom stereocenters. The molecule has 0 spiro atoms. The van der Waals surface area contributed by atoms with Gasteiger partial charge in [0.2, 0.25) is 0 Å². The molecule has 0 radical (unpaired) electrons. The maximum Gasteiger partial charge on any atom is 0.0702 e.